The minimum atomic E-state index is -0.336. The number of halogens is 2. The van der Waals surface area contributed by atoms with E-state index in [0.717, 1.165) is 25.8 Å². The summed E-state index contributed by atoms with van der Waals surface area (Å²) in [5.41, 5.74) is 0.969. The lowest BCUT2D eigenvalue weighted by molar-refractivity contribution is 0.0635. The minimum Gasteiger partial charge on any atom is -0.336 e. The molecule has 0 aliphatic carbocycles. The van der Waals surface area contributed by atoms with E-state index in [9.17, 15) is 9.18 Å². The Kier molecular flexibility index (Phi) is 4.05. The largest absolute Gasteiger partial charge is 0.336 e. The predicted octanol–water partition coefficient (Wildman–Crippen LogP) is 3.91. The van der Waals surface area contributed by atoms with Gasteiger partial charge in [0.05, 0.1) is 0 Å². The lowest BCUT2D eigenvalue weighted by Gasteiger charge is -2.33. The van der Waals surface area contributed by atoms with Crippen molar-refractivity contribution in [3.63, 3.8) is 0 Å². The molecule has 1 fully saturated rings. The van der Waals surface area contributed by atoms with Crippen LogP contribution in [0, 0.1) is 12.7 Å². The lowest BCUT2D eigenvalue weighted by atomic mass is 10.0. The number of carbonyl (C=O) groups excluding carboxylic acids is 1. The zero-order valence-electron chi connectivity index (χ0n) is 10.7. The van der Waals surface area contributed by atoms with Crippen molar-refractivity contribution in [2.75, 3.05) is 6.54 Å². The normalized spacial score (nSPS) is 20.0. The molecule has 1 heterocycles. The smallest absolute Gasteiger partial charge is 0.254 e. The molecular formula is C14H17BrFNO. The maximum absolute atomic E-state index is 13.7. The molecule has 1 amide bonds. The third-order valence-corrected chi connectivity index (χ3v) is 4.42. The van der Waals surface area contributed by atoms with E-state index in [1.807, 2.05) is 4.90 Å². The summed E-state index contributed by atoms with van der Waals surface area (Å²) in [4.78, 5) is 14.2. The predicted molar refractivity (Wildman–Crippen MR) is 73.2 cm³/mol. The van der Waals surface area contributed by atoms with Gasteiger partial charge in [0.2, 0.25) is 0 Å². The van der Waals surface area contributed by atoms with Crippen molar-refractivity contribution in [1.29, 1.82) is 0 Å². The van der Waals surface area contributed by atoms with Crippen LogP contribution in [-0.4, -0.2) is 23.4 Å². The van der Waals surface area contributed by atoms with Crippen LogP contribution in [-0.2, 0) is 0 Å². The third-order valence-electron chi connectivity index (χ3n) is 3.59. The number of nitrogens with zero attached hydrogens (tertiary/aromatic N) is 1. The molecule has 2 nitrogen and oxygen atoms in total. The quantitative estimate of drug-likeness (QED) is 0.769. The Morgan fingerprint density at radius 2 is 2.17 bits per heavy atom. The molecule has 1 aliphatic heterocycles. The third kappa shape index (κ3) is 2.58. The maximum Gasteiger partial charge on any atom is 0.254 e. The first-order valence-electron chi connectivity index (χ1n) is 6.27. The van der Waals surface area contributed by atoms with E-state index in [4.69, 9.17) is 0 Å². The highest BCUT2D eigenvalue weighted by Gasteiger charge is 2.25. The molecule has 1 saturated heterocycles. The first-order chi connectivity index (χ1) is 8.50. The fourth-order valence-corrected chi connectivity index (χ4v) is 2.77. The molecule has 4 heteroatoms. The highest BCUT2D eigenvalue weighted by molar-refractivity contribution is 9.10. The molecule has 1 unspecified atom stereocenters. The van der Waals surface area contributed by atoms with E-state index in [1.165, 1.54) is 6.07 Å². The zero-order chi connectivity index (χ0) is 13.3. The zero-order valence-corrected chi connectivity index (χ0v) is 12.3. The fourth-order valence-electron chi connectivity index (χ4n) is 2.33. The van der Waals surface area contributed by atoms with Crippen LogP contribution < -0.4 is 0 Å². The molecule has 0 saturated carbocycles. The Hall–Kier alpha value is -0.900. The number of carbonyl (C=O) groups is 1. The average Bonchev–Trinajstić information content (AvgIpc) is 2.35. The van der Waals surface area contributed by atoms with Crippen molar-refractivity contribution >= 4 is 21.8 Å². The Morgan fingerprint density at radius 3 is 2.78 bits per heavy atom. The van der Waals surface area contributed by atoms with Gasteiger partial charge >= 0.3 is 0 Å². The highest BCUT2D eigenvalue weighted by atomic mass is 79.9. The molecule has 1 atom stereocenters. The molecule has 98 valence electrons. The van der Waals surface area contributed by atoms with Gasteiger partial charge in [0.15, 0.2) is 0 Å². The number of hydrogen-bond donors (Lipinski definition) is 0. The van der Waals surface area contributed by atoms with E-state index in [0.29, 0.717) is 15.6 Å². The second-order valence-corrected chi connectivity index (χ2v) is 5.76. The fraction of sp³-hybridized carbons (Fsp3) is 0.500. The summed E-state index contributed by atoms with van der Waals surface area (Å²) in [6.07, 6.45) is 3.23. The minimum absolute atomic E-state index is 0.0678. The van der Waals surface area contributed by atoms with E-state index >= 15 is 0 Å². The summed E-state index contributed by atoms with van der Waals surface area (Å²) >= 11 is 3.29. The SMILES string of the molecule is Cc1c(F)cc(C(=O)N2CCCCC2C)cc1Br. The molecule has 0 spiro atoms. The molecule has 1 aromatic rings. The van der Waals surface area contributed by atoms with Crippen LogP contribution in [0.2, 0.25) is 0 Å². The maximum atomic E-state index is 13.7. The van der Waals surface area contributed by atoms with E-state index in [-0.39, 0.29) is 17.8 Å². The van der Waals surface area contributed by atoms with Crippen LogP contribution in [0.5, 0.6) is 0 Å². The van der Waals surface area contributed by atoms with Crippen molar-refractivity contribution in [1.82, 2.24) is 4.90 Å². The summed E-state index contributed by atoms with van der Waals surface area (Å²) in [5, 5.41) is 0. The Bertz CT molecular complexity index is 452. The summed E-state index contributed by atoms with van der Waals surface area (Å²) in [7, 11) is 0. The monoisotopic (exact) mass is 313 g/mol. The van der Waals surface area contributed by atoms with Gasteiger partial charge in [-0.1, -0.05) is 15.9 Å². The lowest BCUT2D eigenvalue weighted by Crippen LogP contribution is -2.42. The number of hydrogen-bond acceptors (Lipinski definition) is 1. The van der Waals surface area contributed by atoms with Gasteiger partial charge < -0.3 is 4.90 Å². The number of amides is 1. The van der Waals surface area contributed by atoms with Crippen LogP contribution >= 0.6 is 15.9 Å². The van der Waals surface area contributed by atoms with Gasteiger partial charge in [0.25, 0.3) is 5.91 Å². The van der Waals surface area contributed by atoms with Crippen LogP contribution in [0.4, 0.5) is 4.39 Å². The number of piperidine rings is 1. The molecule has 18 heavy (non-hydrogen) atoms. The first kappa shape index (κ1) is 13.5. The summed E-state index contributed by atoms with van der Waals surface area (Å²) < 4.78 is 14.3. The van der Waals surface area contributed by atoms with Crippen LogP contribution in [0.1, 0.15) is 42.1 Å². The topological polar surface area (TPSA) is 20.3 Å². The van der Waals surface area contributed by atoms with Crippen LogP contribution in [0.15, 0.2) is 16.6 Å². The molecule has 0 aromatic heterocycles. The van der Waals surface area contributed by atoms with E-state index < -0.39 is 0 Å². The Balaban J connectivity index is 2.28. The first-order valence-corrected chi connectivity index (χ1v) is 7.06. The van der Waals surface area contributed by atoms with Gasteiger partial charge in [-0.15, -0.1) is 0 Å². The van der Waals surface area contributed by atoms with Crippen molar-refractivity contribution < 1.29 is 9.18 Å². The Morgan fingerprint density at radius 1 is 1.44 bits per heavy atom. The second kappa shape index (κ2) is 5.39. The van der Waals surface area contributed by atoms with Gasteiger partial charge in [-0.05, 0) is 50.8 Å². The standard InChI is InChI=1S/C14H17BrFNO/c1-9-5-3-4-6-17(9)14(18)11-7-12(15)10(2)13(16)8-11/h7-9H,3-6H2,1-2H3. The number of likely N-dealkylation sites (tertiary alicyclic amines) is 1. The van der Waals surface area contributed by atoms with Gasteiger partial charge in [-0.2, -0.15) is 0 Å². The summed E-state index contributed by atoms with van der Waals surface area (Å²) in [6.45, 7) is 4.51. The highest BCUT2D eigenvalue weighted by Crippen LogP contribution is 2.24. The van der Waals surface area contributed by atoms with Crippen molar-refractivity contribution in [3.8, 4) is 0 Å². The molecule has 2 rings (SSSR count). The second-order valence-electron chi connectivity index (χ2n) is 4.91. The van der Waals surface area contributed by atoms with Crippen LogP contribution in [0.25, 0.3) is 0 Å². The molecule has 1 aromatic carbocycles. The summed E-state index contributed by atoms with van der Waals surface area (Å²) in [6, 6.07) is 3.29. The van der Waals surface area contributed by atoms with Crippen LogP contribution in [0.3, 0.4) is 0 Å². The molecular weight excluding hydrogens is 297 g/mol. The molecule has 1 aliphatic rings. The van der Waals surface area contributed by atoms with Crippen molar-refractivity contribution in [3.05, 3.63) is 33.5 Å². The van der Waals surface area contributed by atoms with Crippen molar-refractivity contribution in [2.24, 2.45) is 0 Å². The average molecular weight is 314 g/mol. The van der Waals surface area contributed by atoms with E-state index in [2.05, 4.69) is 22.9 Å². The molecule has 0 bridgehead atoms. The van der Waals surface area contributed by atoms with Crippen molar-refractivity contribution in [2.45, 2.75) is 39.2 Å². The van der Waals surface area contributed by atoms with Gasteiger partial charge in [-0.3, -0.25) is 4.79 Å². The number of rotatable bonds is 1. The summed E-state index contributed by atoms with van der Waals surface area (Å²) in [5.74, 6) is -0.404. The number of benzene rings is 1. The molecule has 0 N–H and O–H groups in total. The Labute approximate surface area is 115 Å². The van der Waals surface area contributed by atoms with Gasteiger partial charge in [0.1, 0.15) is 5.82 Å². The molecule has 0 radical (unpaired) electrons. The van der Waals surface area contributed by atoms with E-state index in [1.54, 1.807) is 13.0 Å². The van der Waals surface area contributed by atoms with Gasteiger partial charge in [0, 0.05) is 22.6 Å². The van der Waals surface area contributed by atoms with Gasteiger partial charge in [-0.25, -0.2) is 4.39 Å².